The second-order valence-electron chi connectivity index (χ2n) is 6.86. The molecular weight excluding hydrogens is 457 g/mol. The van der Waals surface area contributed by atoms with Crippen molar-refractivity contribution in [2.75, 3.05) is 14.2 Å². The van der Waals surface area contributed by atoms with Gasteiger partial charge in [0.25, 0.3) is 0 Å². The van der Waals surface area contributed by atoms with E-state index in [1.165, 1.54) is 26.6 Å². The molecule has 7 nitrogen and oxygen atoms in total. The molecule has 0 amide bonds. The lowest BCUT2D eigenvalue weighted by Crippen LogP contribution is -2.25. The average Bonchev–Trinajstić information content (AvgIpc) is 2.79. The molecule has 168 valence electrons. The number of hydrogen-bond donors (Lipinski definition) is 1. The molecule has 0 saturated heterocycles. The maximum Gasteiger partial charge on any atom is 0.338 e. The highest BCUT2D eigenvalue weighted by Crippen LogP contribution is 2.35. The maximum absolute atomic E-state index is 12.9. The van der Waals surface area contributed by atoms with Crippen LogP contribution in [0.3, 0.4) is 0 Å². The summed E-state index contributed by atoms with van der Waals surface area (Å²) >= 11 is 12.5. The van der Waals surface area contributed by atoms with Crippen LogP contribution in [0.2, 0.25) is 10.0 Å². The van der Waals surface area contributed by atoms with Gasteiger partial charge in [-0.3, -0.25) is 0 Å². The highest BCUT2D eigenvalue weighted by atomic mass is 35.5. The average molecular weight is 478 g/mol. The molecule has 2 aromatic carbocycles. The van der Waals surface area contributed by atoms with Crippen LogP contribution in [-0.4, -0.2) is 25.3 Å². The van der Waals surface area contributed by atoms with Gasteiger partial charge in [-0.2, -0.15) is 4.73 Å². The second-order valence-corrected chi connectivity index (χ2v) is 7.67. The molecule has 0 fully saturated rings. The van der Waals surface area contributed by atoms with Crippen LogP contribution < -0.4 is 14.2 Å². The third kappa shape index (κ3) is 5.43. The fourth-order valence-electron chi connectivity index (χ4n) is 3.14. The van der Waals surface area contributed by atoms with E-state index in [2.05, 4.69) is 0 Å². The van der Waals surface area contributed by atoms with Crippen LogP contribution in [0.15, 0.2) is 54.9 Å². The number of benzene rings is 2. The van der Waals surface area contributed by atoms with Gasteiger partial charge in [0.15, 0.2) is 23.9 Å². The number of esters is 1. The van der Waals surface area contributed by atoms with Gasteiger partial charge in [0, 0.05) is 12.0 Å². The van der Waals surface area contributed by atoms with Gasteiger partial charge in [-0.15, -0.1) is 0 Å². The van der Waals surface area contributed by atoms with Crippen molar-refractivity contribution in [1.29, 1.82) is 0 Å². The summed E-state index contributed by atoms with van der Waals surface area (Å²) < 4.78 is 17.0. The molecule has 1 atom stereocenters. The minimum atomic E-state index is -0.794. The van der Waals surface area contributed by atoms with Crippen molar-refractivity contribution in [2.24, 2.45) is 0 Å². The second kappa shape index (κ2) is 10.5. The number of aliphatic hydroxyl groups excluding tert-OH is 1. The molecule has 32 heavy (non-hydrogen) atoms. The SMILES string of the molecule is COc1ccc(C(Cc2c(Cl)c[n+]([O-])cc2Cl)OC(=O)c2ccc(CO)cc2)cc1OC. The van der Waals surface area contributed by atoms with Gasteiger partial charge in [0.1, 0.15) is 16.1 Å². The van der Waals surface area contributed by atoms with Crippen molar-refractivity contribution in [1.82, 2.24) is 0 Å². The molecule has 0 aliphatic rings. The van der Waals surface area contributed by atoms with E-state index >= 15 is 0 Å². The number of aromatic nitrogens is 1. The zero-order valence-corrected chi connectivity index (χ0v) is 18.9. The monoisotopic (exact) mass is 477 g/mol. The van der Waals surface area contributed by atoms with Gasteiger partial charge in [-0.05, 0) is 35.4 Å². The Morgan fingerprint density at radius 1 is 1.03 bits per heavy atom. The first kappa shape index (κ1) is 23.7. The Balaban J connectivity index is 1.98. The van der Waals surface area contributed by atoms with Gasteiger partial charge in [0.05, 0.1) is 26.4 Å². The molecule has 0 spiro atoms. The van der Waals surface area contributed by atoms with E-state index in [4.69, 9.17) is 37.4 Å². The van der Waals surface area contributed by atoms with Crippen molar-refractivity contribution in [2.45, 2.75) is 19.1 Å². The molecule has 1 N–H and O–H groups in total. The summed E-state index contributed by atoms with van der Waals surface area (Å²) in [6.07, 6.45) is 1.69. The Labute approximate surface area is 195 Å². The van der Waals surface area contributed by atoms with E-state index in [1.54, 1.807) is 42.5 Å². The highest BCUT2D eigenvalue weighted by molar-refractivity contribution is 6.35. The first-order valence-electron chi connectivity index (χ1n) is 9.55. The minimum absolute atomic E-state index is 0.119. The molecule has 1 aromatic heterocycles. The quantitative estimate of drug-likeness (QED) is 0.295. The zero-order chi connectivity index (χ0) is 23.3. The number of carbonyl (C=O) groups excluding carboxylic acids is 1. The summed E-state index contributed by atoms with van der Waals surface area (Å²) in [6.45, 7) is -0.131. The van der Waals surface area contributed by atoms with Crippen molar-refractivity contribution in [3.8, 4) is 11.5 Å². The number of halogens is 2. The Morgan fingerprint density at radius 2 is 1.66 bits per heavy atom. The lowest BCUT2D eigenvalue weighted by Gasteiger charge is -2.21. The Kier molecular flexibility index (Phi) is 7.80. The van der Waals surface area contributed by atoms with Crippen molar-refractivity contribution >= 4 is 29.2 Å². The molecule has 3 rings (SSSR count). The predicted molar refractivity (Wildman–Crippen MR) is 119 cm³/mol. The first-order chi connectivity index (χ1) is 15.4. The van der Waals surface area contributed by atoms with Crippen LogP contribution in [0, 0.1) is 5.21 Å². The third-order valence-corrected chi connectivity index (χ3v) is 5.50. The molecule has 1 unspecified atom stereocenters. The Morgan fingerprint density at radius 3 is 2.22 bits per heavy atom. The number of hydrogen-bond acceptors (Lipinski definition) is 6. The normalized spacial score (nSPS) is 11.7. The number of aliphatic hydroxyl groups is 1. The van der Waals surface area contributed by atoms with Crippen molar-refractivity contribution < 1.29 is 28.8 Å². The number of nitrogens with zero attached hydrogens (tertiary/aromatic N) is 1. The third-order valence-electron chi connectivity index (χ3n) is 4.85. The van der Waals surface area contributed by atoms with Crippen LogP contribution >= 0.6 is 23.2 Å². The molecule has 1 heterocycles. The molecule has 0 aliphatic heterocycles. The van der Waals surface area contributed by atoms with E-state index in [1.807, 2.05) is 0 Å². The van der Waals surface area contributed by atoms with Gasteiger partial charge < -0.3 is 24.5 Å². The molecule has 0 saturated carbocycles. The number of pyridine rings is 1. The highest BCUT2D eigenvalue weighted by Gasteiger charge is 2.24. The Hall–Kier alpha value is -3.00. The standard InChI is InChI=1S/C23H21Cl2NO6/c1-30-20-8-7-16(9-22(20)31-2)21(10-17-18(24)11-26(29)12-19(17)25)32-23(28)15-5-3-14(13-27)4-6-15/h3-9,11-12,21,27H,10,13H2,1-2H3. The minimum Gasteiger partial charge on any atom is -0.619 e. The first-order valence-corrected chi connectivity index (χ1v) is 10.3. The summed E-state index contributed by atoms with van der Waals surface area (Å²) in [6, 6.07) is 11.6. The van der Waals surface area contributed by atoms with Gasteiger partial charge >= 0.3 is 5.97 Å². The fraction of sp³-hybridized carbons (Fsp3) is 0.217. The summed E-state index contributed by atoms with van der Waals surface area (Å²) in [5, 5.41) is 21.1. The molecule has 9 heteroatoms. The lowest BCUT2D eigenvalue weighted by molar-refractivity contribution is -0.605. The topological polar surface area (TPSA) is 91.9 Å². The fourth-order valence-corrected chi connectivity index (χ4v) is 3.73. The molecule has 0 aliphatic carbocycles. The van der Waals surface area contributed by atoms with Gasteiger partial charge in [0.2, 0.25) is 0 Å². The summed E-state index contributed by atoms with van der Waals surface area (Å²) in [7, 11) is 3.02. The van der Waals surface area contributed by atoms with Crippen LogP contribution in [0.1, 0.15) is 33.2 Å². The molecule has 0 radical (unpaired) electrons. The van der Waals surface area contributed by atoms with Crippen LogP contribution in [0.5, 0.6) is 11.5 Å². The van der Waals surface area contributed by atoms with E-state index in [0.29, 0.717) is 38.5 Å². The summed E-state index contributed by atoms with van der Waals surface area (Å²) in [4.78, 5) is 12.9. The number of methoxy groups -OCH3 is 2. The van der Waals surface area contributed by atoms with Crippen molar-refractivity contribution in [3.05, 3.63) is 92.4 Å². The number of rotatable bonds is 8. The lowest BCUT2D eigenvalue weighted by atomic mass is 10.0. The van der Waals surface area contributed by atoms with Gasteiger partial charge in [-0.1, -0.05) is 41.4 Å². The molecule has 0 bridgehead atoms. The number of carbonyl (C=O) groups is 1. The summed E-state index contributed by atoms with van der Waals surface area (Å²) in [5.74, 6) is 0.404. The van der Waals surface area contributed by atoms with E-state index < -0.39 is 12.1 Å². The van der Waals surface area contributed by atoms with Crippen LogP contribution in [0.4, 0.5) is 0 Å². The number of ether oxygens (including phenoxy) is 3. The Bertz CT molecular complexity index is 1080. The van der Waals surface area contributed by atoms with E-state index in [9.17, 15) is 15.1 Å². The largest absolute Gasteiger partial charge is 0.619 e. The van der Waals surface area contributed by atoms with E-state index in [-0.39, 0.29) is 23.1 Å². The predicted octanol–water partition coefficient (Wildman–Crippen LogP) is 4.28. The molecular formula is C23H21Cl2NO6. The van der Waals surface area contributed by atoms with Crippen molar-refractivity contribution in [3.63, 3.8) is 0 Å². The zero-order valence-electron chi connectivity index (χ0n) is 17.4. The smallest absolute Gasteiger partial charge is 0.338 e. The van der Waals surface area contributed by atoms with Crippen LogP contribution in [-0.2, 0) is 17.8 Å². The summed E-state index contributed by atoms with van der Waals surface area (Å²) in [5.41, 5.74) is 2.07. The van der Waals surface area contributed by atoms with E-state index in [0.717, 1.165) is 0 Å². The maximum atomic E-state index is 12.9. The van der Waals surface area contributed by atoms with Crippen LogP contribution in [0.25, 0.3) is 0 Å². The molecule has 3 aromatic rings. The van der Waals surface area contributed by atoms with Gasteiger partial charge in [-0.25, -0.2) is 4.79 Å².